The summed E-state index contributed by atoms with van der Waals surface area (Å²) >= 11 is 6.66. The van der Waals surface area contributed by atoms with Crippen molar-refractivity contribution in [1.82, 2.24) is 10.3 Å². The Hall–Kier alpha value is -2.37. The summed E-state index contributed by atoms with van der Waals surface area (Å²) in [4.78, 5) is 4.59. The maximum atomic E-state index is 6.66. The zero-order valence-electron chi connectivity index (χ0n) is 22.4. The molecule has 2 fully saturated rings. The summed E-state index contributed by atoms with van der Waals surface area (Å²) < 4.78 is 12.9. The van der Waals surface area contributed by atoms with E-state index in [0.29, 0.717) is 17.1 Å². The summed E-state index contributed by atoms with van der Waals surface area (Å²) in [7, 11) is 3.81. The van der Waals surface area contributed by atoms with Gasteiger partial charge >= 0.3 is 0 Å². The Morgan fingerprint density at radius 3 is 2.68 bits per heavy atom. The highest BCUT2D eigenvalue weighted by Crippen LogP contribution is 2.31. The molecular formula is C29H41ClN5O2+. The fourth-order valence-electron chi connectivity index (χ4n) is 5.39. The van der Waals surface area contributed by atoms with Gasteiger partial charge in [0.1, 0.15) is 11.5 Å². The molecule has 0 amide bonds. The number of ether oxygens (including phenoxy) is 2. The van der Waals surface area contributed by atoms with Crippen molar-refractivity contribution in [2.45, 2.75) is 57.5 Å². The number of nitrogens with zero attached hydrogens (tertiary/aromatic N) is 2. The van der Waals surface area contributed by atoms with Crippen LogP contribution in [0.15, 0.2) is 30.5 Å². The SMILES string of the molecule is CC#CC1(CNc2cccc(-c3cc(NC4CCC(NCCOC)CC4)ncc3Cl)[n+]2C)CCOCC1. The third-order valence-electron chi connectivity index (χ3n) is 7.63. The molecule has 1 saturated carbocycles. The van der Waals surface area contributed by atoms with E-state index in [4.69, 9.17) is 21.1 Å². The third kappa shape index (κ3) is 7.36. The van der Waals surface area contributed by atoms with Crippen molar-refractivity contribution in [2.24, 2.45) is 12.5 Å². The lowest BCUT2D eigenvalue weighted by Gasteiger charge is -2.31. The van der Waals surface area contributed by atoms with E-state index in [1.807, 2.05) is 6.92 Å². The van der Waals surface area contributed by atoms with Crippen LogP contribution in [0.4, 0.5) is 11.6 Å². The van der Waals surface area contributed by atoms with Gasteiger partial charge in [0.2, 0.25) is 0 Å². The number of methoxy groups -OCH3 is 1. The van der Waals surface area contributed by atoms with E-state index in [1.54, 1.807) is 13.3 Å². The molecule has 37 heavy (non-hydrogen) atoms. The Kier molecular flexibility index (Phi) is 10.0. The lowest BCUT2D eigenvalue weighted by molar-refractivity contribution is -0.646. The van der Waals surface area contributed by atoms with Crippen molar-refractivity contribution in [1.29, 1.82) is 0 Å². The van der Waals surface area contributed by atoms with Crippen LogP contribution in [0, 0.1) is 17.3 Å². The van der Waals surface area contributed by atoms with Gasteiger partial charge in [0.25, 0.3) is 5.82 Å². The minimum atomic E-state index is -0.0558. The van der Waals surface area contributed by atoms with Crippen LogP contribution < -0.4 is 20.5 Å². The van der Waals surface area contributed by atoms with Crippen LogP contribution in [0.2, 0.25) is 5.02 Å². The summed E-state index contributed by atoms with van der Waals surface area (Å²) in [6, 6.07) is 9.33. The maximum Gasteiger partial charge on any atom is 0.274 e. The number of anilines is 2. The van der Waals surface area contributed by atoms with E-state index in [9.17, 15) is 0 Å². The lowest BCUT2D eigenvalue weighted by Crippen LogP contribution is -2.40. The molecule has 1 aliphatic heterocycles. The Labute approximate surface area is 226 Å². The molecule has 2 aromatic rings. The predicted molar refractivity (Wildman–Crippen MR) is 150 cm³/mol. The molecule has 200 valence electrons. The first-order valence-corrected chi connectivity index (χ1v) is 13.8. The van der Waals surface area contributed by atoms with Gasteiger partial charge in [-0.15, -0.1) is 5.92 Å². The number of hydrogen-bond donors (Lipinski definition) is 3. The van der Waals surface area contributed by atoms with Crippen LogP contribution in [0.25, 0.3) is 11.3 Å². The minimum absolute atomic E-state index is 0.0558. The summed E-state index contributed by atoms with van der Waals surface area (Å²) in [6.45, 7) is 5.89. The minimum Gasteiger partial charge on any atom is -0.383 e. The van der Waals surface area contributed by atoms with Crippen LogP contribution >= 0.6 is 11.6 Å². The number of aromatic nitrogens is 2. The smallest absolute Gasteiger partial charge is 0.274 e. The zero-order chi connectivity index (χ0) is 26.1. The molecule has 0 unspecified atom stereocenters. The molecule has 1 aliphatic carbocycles. The van der Waals surface area contributed by atoms with Crippen molar-refractivity contribution in [3.8, 4) is 23.1 Å². The van der Waals surface area contributed by atoms with E-state index in [-0.39, 0.29) is 5.41 Å². The second-order valence-corrected chi connectivity index (χ2v) is 10.6. The summed E-state index contributed by atoms with van der Waals surface area (Å²) in [6.07, 6.45) is 8.18. The number of hydrogen-bond acceptors (Lipinski definition) is 6. The fraction of sp³-hybridized carbons (Fsp3) is 0.586. The van der Waals surface area contributed by atoms with Gasteiger partial charge in [-0.25, -0.2) is 9.55 Å². The van der Waals surface area contributed by atoms with E-state index in [0.717, 1.165) is 94.3 Å². The van der Waals surface area contributed by atoms with Gasteiger partial charge in [0.15, 0.2) is 0 Å². The zero-order valence-corrected chi connectivity index (χ0v) is 23.2. The molecule has 8 heteroatoms. The Morgan fingerprint density at radius 2 is 1.95 bits per heavy atom. The first kappa shape index (κ1) is 27.7. The molecule has 2 aliphatic rings. The quantitative estimate of drug-likeness (QED) is 0.242. The molecule has 7 nitrogen and oxygen atoms in total. The van der Waals surface area contributed by atoms with Gasteiger partial charge in [0, 0.05) is 56.8 Å². The maximum absolute atomic E-state index is 6.66. The van der Waals surface area contributed by atoms with E-state index >= 15 is 0 Å². The number of pyridine rings is 2. The Balaban J connectivity index is 1.43. The highest BCUT2D eigenvalue weighted by Gasteiger charge is 2.33. The highest BCUT2D eigenvalue weighted by atomic mass is 35.5. The van der Waals surface area contributed by atoms with Gasteiger partial charge in [-0.1, -0.05) is 17.5 Å². The summed E-state index contributed by atoms with van der Waals surface area (Å²) in [5.41, 5.74) is 1.95. The van der Waals surface area contributed by atoms with Gasteiger partial charge in [0.05, 0.1) is 30.6 Å². The molecule has 0 aromatic carbocycles. The highest BCUT2D eigenvalue weighted by molar-refractivity contribution is 6.33. The van der Waals surface area contributed by atoms with E-state index < -0.39 is 0 Å². The molecular weight excluding hydrogens is 486 g/mol. The first-order chi connectivity index (χ1) is 18.0. The average molecular weight is 527 g/mol. The molecule has 2 aromatic heterocycles. The lowest BCUT2D eigenvalue weighted by atomic mass is 9.81. The number of nitrogens with one attached hydrogen (secondary N) is 3. The monoisotopic (exact) mass is 526 g/mol. The second kappa shape index (κ2) is 13.4. The van der Waals surface area contributed by atoms with E-state index in [2.05, 4.69) is 68.7 Å². The van der Waals surface area contributed by atoms with Crippen molar-refractivity contribution in [3.05, 3.63) is 35.5 Å². The largest absolute Gasteiger partial charge is 0.383 e. The topological polar surface area (TPSA) is 71.3 Å². The van der Waals surface area contributed by atoms with Gasteiger partial charge in [-0.2, -0.15) is 0 Å². The van der Waals surface area contributed by atoms with Crippen molar-refractivity contribution in [2.75, 3.05) is 50.7 Å². The van der Waals surface area contributed by atoms with Gasteiger partial charge in [-0.05, 0) is 63.6 Å². The Morgan fingerprint density at radius 1 is 1.19 bits per heavy atom. The first-order valence-electron chi connectivity index (χ1n) is 13.4. The number of rotatable bonds is 10. The van der Waals surface area contributed by atoms with Crippen molar-refractivity contribution < 1.29 is 14.0 Å². The molecule has 0 bridgehead atoms. The van der Waals surface area contributed by atoms with Crippen LogP contribution in [-0.4, -0.2) is 57.1 Å². The second-order valence-electron chi connectivity index (χ2n) is 10.2. The summed E-state index contributed by atoms with van der Waals surface area (Å²) in [5.74, 6) is 8.49. The third-order valence-corrected chi connectivity index (χ3v) is 7.93. The molecule has 3 heterocycles. The molecule has 1 saturated heterocycles. The molecule has 3 N–H and O–H groups in total. The predicted octanol–water partition coefficient (Wildman–Crippen LogP) is 4.42. The molecule has 0 radical (unpaired) electrons. The van der Waals surface area contributed by atoms with Crippen LogP contribution in [-0.2, 0) is 16.5 Å². The molecule has 0 atom stereocenters. The Bertz CT molecular complexity index is 1090. The van der Waals surface area contributed by atoms with E-state index in [1.165, 1.54) is 0 Å². The average Bonchev–Trinajstić information content (AvgIpc) is 2.91. The van der Waals surface area contributed by atoms with Crippen LogP contribution in [0.1, 0.15) is 45.4 Å². The van der Waals surface area contributed by atoms with Crippen LogP contribution in [0.5, 0.6) is 0 Å². The van der Waals surface area contributed by atoms with Crippen LogP contribution in [0.3, 0.4) is 0 Å². The summed E-state index contributed by atoms with van der Waals surface area (Å²) in [5, 5.41) is 11.5. The van der Waals surface area contributed by atoms with Gasteiger partial charge in [-0.3, -0.25) is 5.32 Å². The number of halogens is 1. The standard InChI is InChI=1S/C29H40ClN5O2/c1-4-12-29(13-16-37-17-14-29)21-33-28-7-5-6-26(35(28)2)24-19-27(32-20-25(24)30)34-23-10-8-22(9-11-23)31-15-18-36-3/h5-7,19-20,22-23,31H,8-11,13-18,21H2,1-3H3,(H,32,34)/p+1. The fourth-order valence-corrected chi connectivity index (χ4v) is 5.59. The van der Waals surface area contributed by atoms with Gasteiger partial charge < -0.3 is 20.1 Å². The molecule has 0 spiro atoms. The normalized spacial score (nSPS) is 21.1. The van der Waals surface area contributed by atoms with Crippen molar-refractivity contribution in [3.63, 3.8) is 0 Å². The van der Waals surface area contributed by atoms with Crippen molar-refractivity contribution >= 4 is 23.2 Å². The molecule has 4 rings (SSSR count).